The van der Waals surface area contributed by atoms with E-state index < -0.39 is 0 Å². The third-order valence-electron chi connectivity index (χ3n) is 2.57. The molecule has 1 fully saturated rings. The monoisotopic (exact) mass is 224 g/mol. The van der Waals surface area contributed by atoms with Crippen LogP contribution in [0.3, 0.4) is 0 Å². The Kier molecular flexibility index (Phi) is 3.67. The number of thioether (sulfide) groups is 1. The molecule has 1 N–H and O–H groups in total. The highest BCUT2D eigenvalue weighted by atomic mass is 32.2. The molecule has 1 aromatic rings. The fourth-order valence-corrected chi connectivity index (χ4v) is 2.73. The van der Waals surface area contributed by atoms with E-state index in [1.807, 2.05) is 36.9 Å². The summed E-state index contributed by atoms with van der Waals surface area (Å²) >= 11 is 1.82. The molecule has 0 radical (unpaired) electrons. The maximum absolute atomic E-state index is 9.87. The molecule has 0 unspecified atom stereocenters. The molecule has 0 aliphatic carbocycles. The van der Waals surface area contributed by atoms with E-state index in [1.165, 1.54) is 4.90 Å². The number of hydrogen-bond donors (Lipinski definition) is 1. The van der Waals surface area contributed by atoms with Gasteiger partial charge in [-0.25, -0.2) is 0 Å². The summed E-state index contributed by atoms with van der Waals surface area (Å²) in [5, 5.41) is 10.4. The largest absolute Gasteiger partial charge is 0.388 e. The van der Waals surface area contributed by atoms with E-state index in [2.05, 4.69) is 6.07 Å². The predicted molar refractivity (Wildman–Crippen MR) is 62.2 cm³/mol. The van der Waals surface area contributed by atoms with Crippen molar-refractivity contribution in [2.45, 2.75) is 29.6 Å². The summed E-state index contributed by atoms with van der Waals surface area (Å²) in [4.78, 5) is 1.19. The zero-order chi connectivity index (χ0) is 10.7. The fourth-order valence-electron chi connectivity index (χ4n) is 1.54. The first kappa shape index (κ1) is 11.0. The Labute approximate surface area is 94.6 Å². The van der Waals surface area contributed by atoms with Crippen LogP contribution in [0, 0.1) is 0 Å². The molecule has 1 atom stereocenters. The molecule has 0 saturated carbocycles. The summed E-state index contributed by atoms with van der Waals surface area (Å²) in [5.41, 5.74) is 1.05. The van der Waals surface area contributed by atoms with Crippen molar-refractivity contribution in [3.63, 3.8) is 0 Å². The van der Waals surface area contributed by atoms with Crippen LogP contribution in [0.4, 0.5) is 0 Å². The average molecular weight is 224 g/mol. The molecule has 3 heteroatoms. The second-order valence-corrected chi connectivity index (χ2v) is 5.08. The van der Waals surface area contributed by atoms with Gasteiger partial charge < -0.3 is 9.84 Å². The minimum absolute atomic E-state index is 0.338. The van der Waals surface area contributed by atoms with Crippen LogP contribution in [-0.2, 0) is 4.74 Å². The second-order valence-electron chi connectivity index (χ2n) is 3.74. The first-order chi connectivity index (χ1) is 7.31. The van der Waals surface area contributed by atoms with Crippen molar-refractivity contribution in [2.75, 3.05) is 13.2 Å². The zero-order valence-corrected chi connectivity index (χ0v) is 9.67. The van der Waals surface area contributed by atoms with Crippen LogP contribution in [0.1, 0.15) is 25.0 Å². The Morgan fingerprint density at radius 1 is 1.47 bits per heavy atom. The Bertz CT molecular complexity index is 323. The number of ether oxygens (including phenoxy) is 1. The van der Waals surface area contributed by atoms with Gasteiger partial charge in [0, 0.05) is 4.90 Å². The summed E-state index contributed by atoms with van der Waals surface area (Å²) in [7, 11) is 0. The van der Waals surface area contributed by atoms with E-state index >= 15 is 0 Å². The van der Waals surface area contributed by atoms with Crippen LogP contribution in [0.15, 0.2) is 29.2 Å². The minimum atomic E-state index is -0.338. The average Bonchev–Trinajstić information content (AvgIpc) is 2.23. The van der Waals surface area contributed by atoms with Crippen molar-refractivity contribution in [1.29, 1.82) is 0 Å². The highest BCUT2D eigenvalue weighted by molar-refractivity contribution is 8.00. The van der Waals surface area contributed by atoms with E-state index in [9.17, 15) is 5.11 Å². The molecule has 15 heavy (non-hydrogen) atoms. The first-order valence-corrected chi connectivity index (χ1v) is 6.20. The highest BCUT2D eigenvalue weighted by Crippen LogP contribution is 2.34. The molecule has 2 nitrogen and oxygen atoms in total. The SMILES string of the molecule is CC[C@H](O)c1ccccc1SC1COC1. The molecule has 0 spiro atoms. The minimum Gasteiger partial charge on any atom is -0.388 e. The van der Waals surface area contributed by atoms with Gasteiger partial charge in [0.1, 0.15) is 0 Å². The van der Waals surface area contributed by atoms with E-state index in [4.69, 9.17) is 4.74 Å². The van der Waals surface area contributed by atoms with Gasteiger partial charge in [-0.3, -0.25) is 0 Å². The van der Waals surface area contributed by atoms with Crippen molar-refractivity contribution in [3.8, 4) is 0 Å². The Morgan fingerprint density at radius 2 is 2.20 bits per heavy atom. The summed E-state index contributed by atoms with van der Waals surface area (Å²) in [6, 6.07) is 8.09. The van der Waals surface area contributed by atoms with Gasteiger partial charge in [0.05, 0.1) is 24.6 Å². The lowest BCUT2D eigenvalue weighted by Gasteiger charge is -2.26. The van der Waals surface area contributed by atoms with Gasteiger partial charge in [0.2, 0.25) is 0 Å². The molecule has 82 valence electrons. The quantitative estimate of drug-likeness (QED) is 0.852. The van der Waals surface area contributed by atoms with E-state index in [1.54, 1.807) is 0 Å². The third kappa shape index (κ3) is 2.54. The van der Waals surface area contributed by atoms with E-state index in [-0.39, 0.29) is 6.10 Å². The zero-order valence-electron chi connectivity index (χ0n) is 8.85. The molecule has 1 aliphatic rings. The standard InChI is InChI=1S/C12H16O2S/c1-2-11(13)10-5-3-4-6-12(10)15-9-7-14-8-9/h3-6,9,11,13H,2,7-8H2,1H3/t11-/m0/s1. The van der Waals surface area contributed by atoms with Gasteiger partial charge in [0.25, 0.3) is 0 Å². The third-order valence-corrected chi connectivity index (χ3v) is 3.80. The van der Waals surface area contributed by atoms with Crippen LogP contribution in [0.25, 0.3) is 0 Å². The molecule has 1 heterocycles. The van der Waals surface area contributed by atoms with Gasteiger partial charge in [-0.2, -0.15) is 0 Å². The normalized spacial score (nSPS) is 18.5. The maximum Gasteiger partial charge on any atom is 0.0798 e. The fraction of sp³-hybridized carbons (Fsp3) is 0.500. The Morgan fingerprint density at radius 3 is 2.80 bits per heavy atom. The number of aliphatic hydroxyl groups is 1. The molecule has 1 aromatic carbocycles. The van der Waals surface area contributed by atoms with Crippen LogP contribution in [0.2, 0.25) is 0 Å². The summed E-state index contributed by atoms with van der Waals surface area (Å²) in [5.74, 6) is 0. The van der Waals surface area contributed by atoms with Crippen LogP contribution >= 0.6 is 11.8 Å². The van der Waals surface area contributed by atoms with Crippen LogP contribution in [-0.4, -0.2) is 23.6 Å². The summed E-state index contributed by atoms with van der Waals surface area (Å²) in [6.07, 6.45) is 0.424. The molecule has 1 aliphatic heterocycles. The molecule has 0 aromatic heterocycles. The smallest absolute Gasteiger partial charge is 0.0798 e. The molecular formula is C12H16O2S. The number of benzene rings is 1. The molecule has 1 saturated heterocycles. The first-order valence-electron chi connectivity index (χ1n) is 5.32. The van der Waals surface area contributed by atoms with Crippen molar-refractivity contribution in [1.82, 2.24) is 0 Å². The Balaban J connectivity index is 2.13. The lowest BCUT2D eigenvalue weighted by molar-refractivity contribution is 0.0454. The highest BCUT2D eigenvalue weighted by Gasteiger charge is 2.21. The van der Waals surface area contributed by atoms with Gasteiger partial charge in [0.15, 0.2) is 0 Å². The van der Waals surface area contributed by atoms with Crippen molar-refractivity contribution in [2.24, 2.45) is 0 Å². The molecule has 0 bridgehead atoms. The number of hydrogen-bond acceptors (Lipinski definition) is 3. The van der Waals surface area contributed by atoms with Crippen molar-refractivity contribution < 1.29 is 9.84 Å². The topological polar surface area (TPSA) is 29.5 Å². The van der Waals surface area contributed by atoms with Gasteiger partial charge in [-0.05, 0) is 18.1 Å². The van der Waals surface area contributed by atoms with Gasteiger partial charge in [-0.15, -0.1) is 11.8 Å². The van der Waals surface area contributed by atoms with Crippen LogP contribution < -0.4 is 0 Å². The van der Waals surface area contributed by atoms with Crippen LogP contribution in [0.5, 0.6) is 0 Å². The molecular weight excluding hydrogens is 208 g/mol. The Hall–Kier alpha value is -0.510. The molecule has 2 rings (SSSR count). The second kappa shape index (κ2) is 5.01. The van der Waals surface area contributed by atoms with E-state index in [0.29, 0.717) is 5.25 Å². The summed E-state index contributed by atoms with van der Waals surface area (Å²) in [6.45, 7) is 3.67. The van der Waals surface area contributed by atoms with Gasteiger partial charge >= 0.3 is 0 Å². The van der Waals surface area contributed by atoms with Crippen molar-refractivity contribution >= 4 is 11.8 Å². The van der Waals surface area contributed by atoms with Gasteiger partial charge in [-0.1, -0.05) is 25.1 Å². The number of aliphatic hydroxyl groups excluding tert-OH is 1. The summed E-state index contributed by atoms with van der Waals surface area (Å²) < 4.78 is 5.15. The lowest BCUT2D eigenvalue weighted by Crippen LogP contribution is -2.30. The maximum atomic E-state index is 9.87. The number of rotatable bonds is 4. The van der Waals surface area contributed by atoms with Crippen molar-refractivity contribution in [3.05, 3.63) is 29.8 Å². The lowest BCUT2D eigenvalue weighted by atomic mass is 10.1. The van der Waals surface area contributed by atoms with E-state index in [0.717, 1.165) is 25.2 Å². The predicted octanol–water partition coefficient (Wildman–Crippen LogP) is 2.62. The molecule has 0 amide bonds.